The van der Waals surface area contributed by atoms with Crippen LogP contribution in [-0.2, 0) is 4.74 Å². The van der Waals surface area contributed by atoms with E-state index >= 15 is 0 Å². The monoisotopic (exact) mass is 469 g/mol. The fourth-order valence-corrected chi connectivity index (χ4v) is 4.07. The van der Waals surface area contributed by atoms with Crippen molar-refractivity contribution in [2.45, 2.75) is 4.90 Å². The van der Waals surface area contributed by atoms with Gasteiger partial charge in [-0.1, -0.05) is 36.4 Å². The number of ether oxygens (including phenoxy) is 1. The summed E-state index contributed by atoms with van der Waals surface area (Å²) < 4.78 is 5.02. The molecule has 4 N–H and O–H groups in total. The molecule has 0 aliphatic rings. The van der Waals surface area contributed by atoms with Crippen LogP contribution in [0.2, 0.25) is 0 Å². The molecule has 0 radical (unpaired) electrons. The van der Waals surface area contributed by atoms with Crippen molar-refractivity contribution in [3.05, 3.63) is 108 Å². The maximum absolute atomic E-state index is 13.4. The fourth-order valence-electron chi connectivity index (χ4n) is 3.31. The molecule has 0 aliphatic carbocycles. The molecule has 0 fully saturated rings. The third kappa shape index (κ3) is 5.57. The Kier molecular flexibility index (Phi) is 7.15. The zero-order valence-corrected chi connectivity index (χ0v) is 19.3. The predicted molar refractivity (Wildman–Crippen MR) is 138 cm³/mol. The molecule has 6 nitrogen and oxygen atoms in total. The van der Waals surface area contributed by atoms with E-state index in [1.54, 1.807) is 36.4 Å². The molecule has 0 atom stereocenters. The summed E-state index contributed by atoms with van der Waals surface area (Å²) in [7, 11) is 1.33. The average Bonchev–Trinajstić information content (AvgIpc) is 2.86. The molecular weight excluding hydrogens is 446 g/mol. The smallest absolute Gasteiger partial charge is 0.340 e. The number of benzene rings is 4. The van der Waals surface area contributed by atoms with E-state index < -0.39 is 5.97 Å². The van der Waals surface area contributed by atoms with Gasteiger partial charge in [-0.25, -0.2) is 4.79 Å². The van der Waals surface area contributed by atoms with Crippen molar-refractivity contribution in [3.8, 4) is 0 Å². The van der Waals surface area contributed by atoms with E-state index in [0.717, 1.165) is 28.0 Å². The molecule has 170 valence electrons. The number of anilines is 5. The highest BCUT2D eigenvalue weighted by Crippen LogP contribution is 2.34. The molecule has 0 aliphatic heterocycles. The summed E-state index contributed by atoms with van der Waals surface area (Å²) in [5, 5.41) is 6.32. The third-order valence-corrected chi connectivity index (χ3v) is 5.89. The lowest BCUT2D eigenvalue weighted by Gasteiger charge is -2.17. The summed E-state index contributed by atoms with van der Waals surface area (Å²) in [6.07, 6.45) is 0. The maximum Gasteiger partial charge on any atom is 0.340 e. The summed E-state index contributed by atoms with van der Waals surface area (Å²) in [5.74, 6) is -0.514. The van der Waals surface area contributed by atoms with Crippen LogP contribution in [0.5, 0.6) is 0 Å². The molecule has 0 saturated heterocycles. The van der Waals surface area contributed by atoms with Crippen LogP contribution >= 0.6 is 11.8 Å². The first kappa shape index (κ1) is 22.9. The second-order valence-electron chi connectivity index (χ2n) is 7.38. The Balaban J connectivity index is 1.79. The summed E-state index contributed by atoms with van der Waals surface area (Å²) in [5.41, 5.74) is 9.65. The Morgan fingerprint density at radius 1 is 0.735 bits per heavy atom. The Labute approximate surface area is 202 Å². The van der Waals surface area contributed by atoms with Gasteiger partial charge in [0.15, 0.2) is 0 Å². The van der Waals surface area contributed by atoms with Crippen molar-refractivity contribution in [3.63, 3.8) is 0 Å². The molecule has 0 amide bonds. The SMILES string of the molecule is COC(=O)c1cc(Nc2ccccc2)c(C(=O)Sc2ccc(N)cc2)cc1Nc1ccccc1. The van der Waals surface area contributed by atoms with E-state index in [9.17, 15) is 9.59 Å². The molecular formula is C27H23N3O3S. The normalized spacial score (nSPS) is 10.4. The topological polar surface area (TPSA) is 93.5 Å². The lowest BCUT2D eigenvalue weighted by Crippen LogP contribution is -2.10. The van der Waals surface area contributed by atoms with E-state index in [2.05, 4.69) is 10.6 Å². The van der Waals surface area contributed by atoms with Crippen molar-refractivity contribution < 1.29 is 14.3 Å². The standard InChI is InChI=1S/C27H23N3O3S/c1-33-26(31)22-16-25(30-20-10-6-3-7-11-20)23(17-24(22)29-19-8-4-2-5-9-19)27(32)34-21-14-12-18(28)13-15-21/h2-17,29-30H,28H2,1H3. The van der Waals surface area contributed by atoms with Gasteiger partial charge in [-0.3, -0.25) is 4.79 Å². The van der Waals surface area contributed by atoms with Gasteiger partial charge in [0.25, 0.3) is 0 Å². The van der Waals surface area contributed by atoms with E-state index in [4.69, 9.17) is 10.5 Å². The molecule has 7 heteroatoms. The van der Waals surface area contributed by atoms with Gasteiger partial charge in [-0.05, 0) is 72.4 Å². The maximum atomic E-state index is 13.4. The average molecular weight is 470 g/mol. The van der Waals surface area contributed by atoms with E-state index in [-0.39, 0.29) is 5.12 Å². The van der Waals surface area contributed by atoms with Gasteiger partial charge in [0.2, 0.25) is 5.12 Å². The van der Waals surface area contributed by atoms with Gasteiger partial charge in [-0.15, -0.1) is 0 Å². The van der Waals surface area contributed by atoms with Crippen molar-refractivity contribution in [1.82, 2.24) is 0 Å². The zero-order chi connectivity index (χ0) is 23.9. The number of para-hydroxylation sites is 2. The van der Waals surface area contributed by atoms with Gasteiger partial charge >= 0.3 is 5.97 Å². The quantitative estimate of drug-likeness (QED) is 0.162. The molecule has 0 unspecified atom stereocenters. The van der Waals surface area contributed by atoms with Crippen LogP contribution < -0.4 is 16.4 Å². The summed E-state index contributed by atoms with van der Waals surface area (Å²) in [4.78, 5) is 26.8. The number of esters is 1. The lowest BCUT2D eigenvalue weighted by molar-refractivity contribution is 0.0601. The molecule has 0 aromatic heterocycles. The van der Waals surface area contributed by atoms with Crippen LogP contribution in [-0.4, -0.2) is 18.2 Å². The highest BCUT2D eigenvalue weighted by molar-refractivity contribution is 8.14. The highest BCUT2D eigenvalue weighted by Gasteiger charge is 2.21. The molecule has 4 aromatic carbocycles. The Morgan fingerprint density at radius 3 is 1.76 bits per heavy atom. The Bertz CT molecular complexity index is 1290. The molecule has 4 aromatic rings. The number of nitrogen functional groups attached to an aromatic ring is 1. The summed E-state index contributed by atoms with van der Waals surface area (Å²) in [6.45, 7) is 0. The van der Waals surface area contributed by atoms with Crippen molar-refractivity contribution >= 4 is 51.3 Å². The van der Waals surface area contributed by atoms with Gasteiger partial charge in [0.1, 0.15) is 0 Å². The highest BCUT2D eigenvalue weighted by atomic mass is 32.2. The molecule has 0 heterocycles. The van der Waals surface area contributed by atoms with Crippen LogP contribution in [0.4, 0.5) is 28.4 Å². The van der Waals surface area contributed by atoms with Crippen LogP contribution in [0.15, 0.2) is 102 Å². The second kappa shape index (κ2) is 10.6. The van der Waals surface area contributed by atoms with Crippen LogP contribution in [0, 0.1) is 0 Å². The second-order valence-corrected chi connectivity index (χ2v) is 8.42. The van der Waals surface area contributed by atoms with Gasteiger partial charge < -0.3 is 21.1 Å². The first-order chi connectivity index (χ1) is 16.5. The number of nitrogens with two attached hydrogens (primary N) is 1. The van der Waals surface area contributed by atoms with Crippen molar-refractivity contribution in [2.24, 2.45) is 0 Å². The van der Waals surface area contributed by atoms with E-state index in [1.807, 2.05) is 60.7 Å². The predicted octanol–water partition coefficient (Wildman–Crippen LogP) is 6.48. The van der Waals surface area contributed by atoms with Gasteiger partial charge in [0.05, 0.1) is 29.6 Å². The van der Waals surface area contributed by atoms with Crippen LogP contribution in [0.3, 0.4) is 0 Å². The summed E-state index contributed by atoms with van der Waals surface area (Å²) >= 11 is 1.09. The fraction of sp³-hybridized carbons (Fsp3) is 0.0370. The summed E-state index contributed by atoms with van der Waals surface area (Å²) in [6, 6.07) is 29.3. The molecule has 34 heavy (non-hydrogen) atoms. The zero-order valence-electron chi connectivity index (χ0n) is 18.4. The minimum atomic E-state index is -0.514. The largest absolute Gasteiger partial charge is 0.465 e. The minimum Gasteiger partial charge on any atom is -0.465 e. The number of hydrogen-bond donors (Lipinski definition) is 3. The first-order valence-electron chi connectivity index (χ1n) is 10.5. The van der Waals surface area contributed by atoms with Crippen molar-refractivity contribution in [2.75, 3.05) is 23.5 Å². The number of nitrogens with one attached hydrogen (secondary N) is 2. The van der Waals surface area contributed by atoms with E-state index in [1.165, 1.54) is 7.11 Å². The van der Waals surface area contributed by atoms with Gasteiger partial charge in [0, 0.05) is 22.0 Å². The Morgan fingerprint density at radius 2 is 1.24 bits per heavy atom. The number of methoxy groups -OCH3 is 1. The number of rotatable bonds is 7. The number of carbonyl (C=O) groups excluding carboxylic acids is 2. The first-order valence-corrected chi connectivity index (χ1v) is 11.3. The molecule has 0 saturated carbocycles. The van der Waals surface area contributed by atoms with Crippen LogP contribution in [0.25, 0.3) is 0 Å². The molecule has 0 bridgehead atoms. The number of carbonyl (C=O) groups is 2. The Hall–Kier alpha value is -4.23. The lowest BCUT2D eigenvalue weighted by atomic mass is 10.1. The van der Waals surface area contributed by atoms with E-state index in [0.29, 0.717) is 28.2 Å². The number of thioether (sulfide) groups is 1. The van der Waals surface area contributed by atoms with Crippen molar-refractivity contribution in [1.29, 1.82) is 0 Å². The number of hydrogen-bond acceptors (Lipinski definition) is 7. The third-order valence-electron chi connectivity index (χ3n) is 4.98. The molecule has 0 spiro atoms. The minimum absolute atomic E-state index is 0.185. The molecule has 4 rings (SSSR count). The van der Waals surface area contributed by atoms with Crippen LogP contribution in [0.1, 0.15) is 20.7 Å². The van der Waals surface area contributed by atoms with Gasteiger partial charge in [-0.2, -0.15) is 0 Å².